The standard InChI is InChI=1S/C31H37N3O3/c1-29-8-6-21-13-24-27(35)28(36)25(34-16-22(32)17-34)14-30(24)9-10-31(21,37-30)26(29)5-4-23(29)19-3-2-18-7-11-33-15-20(18)12-19/h2-3,6-7,11-13,15,22-23,25-28,35-36H,4-5,8-10,14,16-17,32H2,1H3/t23?,25-,26+,27-,28-,29+,30+,31?/m0/s1. The number of nitrogens with zero attached hydrogens (tertiary/aromatic N) is 2. The highest BCUT2D eigenvalue weighted by molar-refractivity contribution is 5.82. The van der Waals surface area contributed by atoms with Gasteiger partial charge < -0.3 is 20.7 Å². The molecule has 3 aliphatic carbocycles. The van der Waals surface area contributed by atoms with E-state index in [0.29, 0.717) is 11.8 Å². The van der Waals surface area contributed by atoms with Crippen LogP contribution in [0.15, 0.2) is 60.0 Å². The molecule has 6 heteroatoms. The van der Waals surface area contributed by atoms with Gasteiger partial charge in [-0.1, -0.05) is 31.2 Å². The SMILES string of the molecule is C[C@]12CC=C3C=C4[C@H](O)[C@@H](O)[C@@H](N5CC(N)C5)C[C@]45CCC3(O5)[C@@H]1CCC2c1ccc2ccncc2c1. The van der Waals surface area contributed by atoms with Crippen molar-refractivity contribution in [2.75, 3.05) is 13.1 Å². The lowest BCUT2D eigenvalue weighted by atomic mass is 9.58. The van der Waals surface area contributed by atoms with E-state index in [0.717, 1.165) is 50.8 Å². The molecule has 4 N–H and O–H groups in total. The highest BCUT2D eigenvalue weighted by atomic mass is 16.5. The van der Waals surface area contributed by atoms with Gasteiger partial charge in [-0.3, -0.25) is 9.88 Å². The van der Waals surface area contributed by atoms with E-state index in [1.807, 2.05) is 12.4 Å². The molecular weight excluding hydrogens is 462 g/mol. The summed E-state index contributed by atoms with van der Waals surface area (Å²) in [6, 6.07) is 9.07. The number of benzene rings is 1. The molecule has 8 atom stereocenters. The number of pyridine rings is 1. The zero-order chi connectivity index (χ0) is 25.2. The van der Waals surface area contributed by atoms with E-state index >= 15 is 0 Å². The van der Waals surface area contributed by atoms with Crippen molar-refractivity contribution in [1.82, 2.24) is 9.88 Å². The zero-order valence-corrected chi connectivity index (χ0v) is 21.5. The first kappa shape index (κ1) is 22.9. The number of allylic oxidation sites excluding steroid dienone is 1. The normalized spacial score (nSPS) is 45.0. The lowest BCUT2D eigenvalue weighted by Crippen LogP contribution is -2.68. The number of aliphatic hydroxyl groups excluding tert-OH is 2. The first-order valence-corrected chi connectivity index (χ1v) is 14.2. The quantitative estimate of drug-likeness (QED) is 0.587. The Kier molecular flexibility index (Phi) is 4.64. The van der Waals surface area contributed by atoms with Crippen molar-refractivity contribution < 1.29 is 14.9 Å². The lowest BCUT2D eigenvalue weighted by molar-refractivity contribution is -0.173. The fraction of sp³-hybridized carbons (Fsp3) is 0.581. The number of hydrogen-bond donors (Lipinski definition) is 3. The zero-order valence-electron chi connectivity index (χ0n) is 21.5. The number of aromatic nitrogens is 1. The van der Waals surface area contributed by atoms with Gasteiger partial charge in [0.1, 0.15) is 6.10 Å². The number of rotatable bonds is 2. The van der Waals surface area contributed by atoms with Gasteiger partial charge in [-0.2, -0.15) is 0 Å². The second-order valence-corrected chi connectivity index (χ2v) is 13.0. The van der Waals surface area contributed by atoms with Crippen LogP contribution in [0.2, 0.25) is 0 Å². The summed E-state index contributed by atoms with van der Waals surface area (Å²) in [5.74, 6) is 0.917. The van der Waals surface area contributed by atoms with E-state index in [9.17, 15) is 10.2 Å². The van der Waals surface area contributed by atoms with E-state index < -0.39 is 17.8 Å². The molecule has 2 unspecified atom stereocenters. The maximum absolute atomic E-state index is 11.3. The van der Waals surface area contributed by atoms with Gasteiger partial charge in [-0.05, 0) is 90.0 Å². The summed E-state index contributed by atoms with van der Waals surface area (Å²) < 4.78 is 7.33. The van der Waals surface area contributed by atoms with E-state index in [4.69, 9.17) is 10.5 Å². The Labute approximate surface area is 218 Å². The first-order chi connectivity index (χ1) is 17.8. The summed E-state index contributed by atoms with van der Waals surface area (Å²) in [6.45, 7) is 4.05. The van der Waals surface area contributed by atoms with Crippen molar-refractivity contribution in [1.29, 1.82) is 0 Å². The molecule has 4 fully saturated rings. The topological polar surface area (TPSA) is 91.8 Å². The van der Waals surface area contributed by atoms with Crippen LogP contribution in [0.3, 0.4) is 0 Å². The van der Waals surface area contributed by atoms with Gasteiger partial charge in [0.2, 0.25) is 0 Å². The van der Waals surface area contributed by atoms with Crippen molar-refractivity contribution in [2.24, 2.45) is 17.1 Å². The average molecular weight is 500 g/mol. The third-order valence-electron chi connectivity index (χ3n) is 11.3. The largest absolute Gasteiger partial charge is 0.388 e. The average Bonchev–Trinajstić information content (AvgIpc) is 3.40. The number of hydrogen-bond acceptors (Lipinski definition) is 6. The van der Waals surface area contributed by atoms with Crippen LogP contribution in [0.1, 0.15) is 56.9 Å². The van der Waals surface area contributed by atoms with E-state index in [1.54, 1.807) is 0 Å². The minimum absolute atomic E-state index is 0.106. The predicted molar refractivity (Wildman–Crippen MR) is 142 cm³/mol. The summed E-state index contributed by atoms with van der Waals surface area (Å²) in [5.41, 5.74) is 8.99. The minimum Gasteiger partial charge on any atom is -0.388 e. The number of aliphatic hydroxyl groups is 2. The second kappa shape index (κ2) is 7.51. The maximum Gasteiger partial charge on any atom is 0.105 e. The lowest BCUT2D eigenvalue weighted by Gasteiger charge is -2.57. The molecule has 0 amide bonds. The van der Waals surface area contributed by atoms with E-state index in [-0.39, 0.29) is 23.1 Å². The van der Waals surface area contributed by atoms with Gasteiger partial charge in [-0.25, -0.2) is 0 Å². The third kappa shape index (κ3) is 2.91. The molecule has 4 heterocycles. The van der Waals surface area contributed by atoms with Crippen LogP contribution in [0.5, 0.6) is 0 Å². The molecule has 2 aromatic rings. The molecule has 3 aliphatic heterocycles. The van der Waals surface area contributed by atoms with Gasteiger partial charge >= 0.3 is 0 Å². The van der Waals surface area contributed by atoms with Gasteiger partial charge in [0, 0.05) is 43.0 Å². The Morgan fingerprint density at radius 2 is 1.97 bits per heavy atom. The Balaban J connectivity index is 1.17. The number of ether oxygens (including phenoxy) is 1. The number of nitrogens with two attached hydrogens (primary N) is 1. The summed E-state index contributed by atoms with van der Waals surface area (Å²) in [5, 5.41) is 24.9. The summed E-state index contributed by atoms with van der Waals surface area (Å²) in [4.78, 5) is 6.61. The maximum atomic E-state index is 11.3. The molecule has 194 valence electrons. The van der Waals surface area contributed by atoms with Crippen LogP contribution in [-0.4, -0.2) is 68.7 Å². The van der Waals surface area contributed by atoms with E-state index in [1.165, 1.54) is 28.3 Å². The molecule has 0 radical (unpaired) electrons. The molecule has 2 saturated heterocycles. The summed E-state index contributed by atoms with van der Waals surface area (Å²) in [6.07, 6.45) is 12.8. The van der Waals surface area contributed by atoms with Crippen LogP contribution in [-0.2, 0) is 4.74 Å². The third-order valence-corrected chi connectivity index (χ3v) is 11.3. The van der Waals surface area contributed by atoms with Crippen LogP contribution in [0.4, 0.5) is 0 Å². The number of likely N-dealkylation sites (tertiary alicyclic amines) is 1. The van der Waals surface area contributed by atoms with Gasteiger partial charge in [0.15, 0.2) is 0 Å². The van der Waals surface area contributed by atoms with Crippen molar-refractivity contribution in [3.63, 3.8) is 0 Å². The van der Waals surface area contributed by atoms with Crippen LogP contribution < -0.4 is 5.73 Å². The minimum atomic E-state index is -0.886. The Morgan fingerprint density at radius 1 is 1.11 bits per heavy atom. The smallest absolute Gasteiger partial charge is 0.105 e. The summed E-state index contributed by atoms with van der Waals surface area (Å²) >= 11 is 0. The monoisotopic (exact) mass is 499 g/mol. The second-order valence-electron chi connectivity index (χ2n) is 13.0. The van der Waals surface area contributed by atoms with Crippen LogP contribution in [0.25, 0.3) is 10.8 Å². The fourth-order valence-electron chi connectivity index (χ4n) is 9.46. The van der Waals surface area contributed by atoms with Gasteiger partial charge in [-0.15, -0.1) is 0 Å². The highest BCUT2D eigenvalue weighted by Crippen LogP contribution is 2.69. The molecule has 1 aromatic carbocycles. The van der Waals surface area contributed by atoms with Gasteiger partial charge in [0.25, 0.3) is 0 Å². The molecule has 6 aliphatic rings. The van der Waals surface area contributed by atoms with E-state index in [2.05, 4.69) is 53.2 Å². The van der Waals surface area contributed by atoms with Gasteiger partial charge in [0.05, 0.1) is 17.3 Å². The van der Waals surface area contributed by atoms with Crippen molar-refractivity contribution in [2.45, 2.75) is 86.9 Å². The summed E-state index contributed by atoms with van der Waals surface area (Å²) in [7, 11) is 0. The molecule has 1 aromatic heterocycles. The molecule has 8 rings (SSSR count). The Hall–Kier alpha value is -2.09. The molecule has 2 saturated carbocycles. The van der Waals surface area contributed by atoms with Crippen molar-refractivity contribution in [3.8, 4) is 0 Å². The van der Waals surface area contributed by atoms with Crippen LogP contribution in [0, 0.1) is 11.3 Å². The Morgan fingerprint density at radius 3 is 2.81 bits per heavy atom. The highest BCUT2D eigenvalue weighted by Gasteiger charge is 2.68. The predicted octanol–water partition coefficient (Wildman–Crippen LogP) is 3.43. The molecule has 2 spiro atoms. The fourth-order valence-corrected chi connectivity index (χ4v) is 9.46. The Bertz CT molecular complexity index is 1350. The first-order valence-electron chi connectivity index (χ1n) is 14.2. The molecular formula is C31H37N3O3. The van der Waals surface area contributed by atoms with Crippen molar-refractivity contribution >= 4 is 10.8 Å². The molecule has 37 heavy (non-hydrogen) atoms. The van der Waals surface area contributed by atoms with Crippen molar-refractivity contribution in [3.05, 3.63) is 65.5 Å². The molecule has 6 nitrogen and oxygen atoms in total. The van der Waals surface area contributed by atoms with Crippen LogP contribution >= 0.6 is 0 Å². The molecule has 2 bridgehead atoms. The number of fused-ring (bicyclic) bond motifs is 2.